The van der Waals surface area contributed by atoms with Crippen molar-refractivity contribution in [2.75, 3.05) is 27.2 Å². The Bertz CT molecular complexity index is 237. The summed E-state index contributed by atoms with van der Waals surface area (Å²) in [6.07, 6.45) is 7.62. The van der Waals surface area contributed by atoms with Gasteiger partial charge in [-0.2, -0.15) is 0 Å². The predicted octanol–water partition coefficient (Wildman–Crippen LogP) is 1.35. The van der Waals surface area contributed by atoms with E-state index in [1.54, 1.807) is 0 Å². The summed E-state index contributed by atoms with van der Waals surface area (Å²) in [5.74, 6) is 1.00. The molecule has 1 saturated carbocycles. The van der Waals surface area contributed by atoms with Crippen molar-refractivity contribution < 1.29 is 4.79 Å². The van der Waals surface area contributed by atoms with Crippen LogP contribution in [0.15, 0.2) is 0 Å². The van der Waals surface area contributed by atoms with Gasteiger partial charge >= 0.3 is 0 Å². The Morgan fingerprint density at radius 3 is 2.50 bits per heavy atom. The predicted molar refractivity (Wildman–Crippen MR) is 75.3 cm³/mol. The Labute approximate surface area is 111 Å². The Hall–Kier alpha value is -0.610. The smallest absolute Gasteiger partial charge is 0.220 e. The quantitative estimate of drug-likeness (QED) is 0.579. The monoisotopic (exact) mass is 255 g/mol. The van der Waals surface area contributed by atoms with E-state index in [2.05, 4.69) is 24.3 Å². The number of nitrogens with zero attached hydrogens (tertiary/aromatic N) is 1. The first kappa shape index (κ1) is 15.4. The number of likely N-dealkylation sites (N-methyl/N-ethyl adjacent to an activating group) is 1. The fourth-order valence-electron chi connectivity index (χ4n) is 2.34. The van der Waals surface area contributed by atoms with E-state index in [1.165, 1.54) is 12.8 Å². The maximum Gasteiger partial charge on any atom is 0.220 e. The zero-order valence-corrected chi connectivity index (χ0v) is 12.0. The molecule has 0 radical (unpaired) electrons. The minimum absolute atomic E-state index is 0.204. The van der Waals surface area contributed by atoms with Crippen LogP contribution < -0.4 is 11.1 Å². The highest BCUT2D eigenvalue weighted by Gasteiger charge is 2.32. The third kappa shape index (κ3) is 6.36. The van der Waals surface area contributed by atoms with E-state index < -0.39 is 0 Å². The molecule has 0 spiro atoms. The zero-order chi connectivity index (χ0) is 13.4. The van der Waals surface area contributed by atoms with Crippen LogP contribution in [0.25, 0.3) is 0 Å². The van der Waals surface area contributed by atoms with E-state index in [-0.39, 0.29) is 5.91 Å². The lowest BCUT2D eigenvalue weighted by molar-refractivity contribution is -0.121. The number of rotatable bonds is 10. The van der Waals surface area contributed by atoms with Crippen molar-refractivity contribution in [1.29, 1.82) is 0 Å². The summed E-state index contributed by atoms with van der Waals surface area (Å²) in [5.41, 5.74) is 5.43. The van der Waals surface area contributed by atoms with Gasteiger partial charge in [0, 0.05) is 19.0 Å². The van der Waals surface area contributed by atoms with E-state index in [4.69, 9.17) is 5.73 Å². The molecule has 0 aromatic carbocycles. The minimum atomic E-state index is 0.204. The molecular formula is C14H29N3O. The van der Waals surface area contributed by atoms with Gasteiger partial charge in [-0.15, -0.1) is 0 Å². The third-order valence-electron chi connectivity index (χ3n) is 3.70. The molecule has 18 heavy (non-hydrogen) atoms. The summed E-state index contributed by atoms with van der Waals surface area (Å²) in [6.45, 7) is 1.57. The number of nitrogens with one attached hydrogen (secondary N) is 1. The van der Waals surface area contributed by atoms with Crippen molar-refractivity contribution in [3.05, 3.63) is 0 Å². The molecule has 3 N–H and O–H groups in total. The topological polar surface area (TPSA) is 58.4 Å². The zero-order valence-electron chi connectivity index (χ0n) is 12.0. The fraction of sp³-hybridized carbons (Fsp3) is 0.929. The first-order valence-corrected chi connectivity index (χ1v) is 7.28. The average molecular weight is 255 g/mol. The third-order valence-corrected chi connectivity index (χ3v) is 3.70. The maximum atomic E-state index is 11.7. The van der Waals surface area contributed by atoms with Gasteiger partial charge in [-0.25, -0.2) is 0 Å². The number of carbonyl (C=O) groups is 1. The second kappa shape index (κ2) is 8.48. The van der Waals surface area contributed by atoms with E-state index in [0.717, 1.165) is 44.7 Å². The highest BCUT2D eigenvalue weighted by atomic mass is 16.1. The van der Waals surface area contributed by atoms with Crippen LogP contribution in [0.2, 0.25) is 0 Å². The van der Waals surface area contributed by atoms with Gasteiger partial charge in [0.15, 0.2) is 0 Å². The standard InChI is InChI=1S/C14H29N3O/c1-17(2)13(12-8-9-12)11-16-14(18)7-5-3-4-6-10-15/h12-13H,3-11,15H2,1-2H3,(H,16,18). The van der Waals surface area contributed by atoms with Crippen molar-refractivity contribution in [1.82, 2.24) is 10.2 Å². The summed E-state index contributed by atoms with van der Waals surface area (Å²) >= 11 is 0. The SMILES string of the molecule is CN(C)C(CNC(=O)CCCCCCN)C1CC1. The molecule has 4 heteroatoms. The summed E-state index contributed by atoms with van der Waals surface area (Å²) in [5, 5.41) is 3.07. The minimum Gasteiger partial charge on any atom is -0.355 e. The van der Waals surface area contributed by atoms with E-state index in [0.29, 0.717) is 12.5 Å². The van der Waals surface area contributed by atoms with Crippen LogP contribution in [0.3, 0.4) is 0 Å². The Kier molecular flexibility index (Phi) is 7.28. The van der Waals surface area contributed by atoms with Gasteiger partial charge in [-0.3, -0.25) is 4.79 Å². The molecule has 1 amide bonds. The number of carbonyl (C=O) groups excluding carboxylic acids is 1. The largest absolute Gasteiger partial charge is 0.355 e. The van der Waals surface area contributed by atoms with Crippen molar-refractivity contribution in [3.63, 3.8) is 0 Å². The molecule has 1 unspecified atom stereocenters. The van der Waals surface area contributed by atoms with E-state index in [9.17, 15) is 4.79 Å². The number of amides is 1. The van der Waals surface area contributed by atoms with Crippen LogP contribution in [0.1, 0.15) is 44.9 Å². The highest BCUT2D eigenvalue weighted by molar-refractivity contribution is 5.75. The second-order valence-electron chi connectivity index (χ2n) is 5.63. The Morgan fingerprint density at radius 2 is 1.94 bits per heavy atom. The first-order valence-electron chi connectivity index (χ1n) is 7.28. The molecule has 0 aromatic heterocycles. The molecule has 0 bridgehead atoms. The van der Waals surface area contributed by atoms with Crippen LogP contribution in [0, 0.1) is 5.92 Å². The Balaban J connectivity index is 2.04. The molecule has 106 valence electrons. The molecule has 0 saturated heterocycles. The summed E-state index contributed by atoms with van der Waals surface area (Å²) in [6, 6.07) is 0.520. The molecule has 0 heterocycles. The molecule has 1 aliphatic rings. The van der Waals surface area contributed by atoms with Gasteiger partial charge in [-0.05, 0) is 52.2 Å². The van der Waals surface area contributed by atoms with Gasteiger partial charge in [0.1, 0.15) is 0 Å². The maximum absolute atomic E-state index is 11.7. The van der Waals surface area contributed by atoms with Crippen LogP contribution in [0.4, 0.5) is 0 Å². The van der Waals surface area contributed by atoms with E-state index >= 15 is 0 Å². The normalized spacial score (nSPS) is 16.9. The highest BCUT2D eigenvalue weighted by Crippen LogP contribution is 2.34. The summed E-state index contributed by atoms with van der Waals surface area (Å²) in [7, 11) is 4.20. The van der Waals surface area contributed by atoms with E-state index in [1.807, 2.05) is 0 Å². The molecule has 0 aromatic rings. The molecule has 4 nitrogen and oxygen atoms in total. The van der Waals surface area contributed by atoms with Gasteiger partial charge in [-0.1, -0.05) is 12.8 Å². The van der Waals surface area contributed by atoms with Gasteiger partial charge in [0.2, 0.25) is 5.91 Å². The number of hydrogen-bond donors (Lipinski definition) is 2. The van der Waals surface area contributed by atoms with Gasteiger partial charge in [0.05, 0.1) is 0 Å². The first-order chi connectivity index (χ1) is 8.65. The molecule has 1 atom stereocenters. The van der Waals surface area contributed by atoms with Crippen LogP contribution in [0.5, 0.6) is 0 Å². The van der Waals surface area contributed by atoms with Crippen molar-refractivity contribution >= 4 is 5.91 Å². The second-order valence-corrected chi connectivity index (χ2v) is 5.63. The molecule has 1 rings (SSSR count). The van der Waals surface area contributed by atoms with Crippen molar-refractivity contribution in [2.45, 2.75) is 51.0 Å². The number of hydrogen-bond acceptors (Lipinski definition) is 3. The van der Waals surface area contributed by atoms with Crippen molar-refractivity contribution in [3.8, 4) is 0 Å². The molecule has 0 aliphatic heterocycles. The molecule has 1 aliphatic carbocycles. The van der Waals surface area contributed by atoms with Gasteiger partial charge < -0.3 is 16.0 Å². The fourth-order valence-corrected chi connectivity index (χ4v) is 2.34. The molecule has 1 fully saturated rings. The number of nitrogens with two attached hydrogens (primary N) is 1. The van der Waals surface area contributed by atoms with Crippen LogP contribution in [-0.2, 0) is 4.79 Å². The Morgan fingerprint density at radius 1 is 1.28 bits per heavy atom. The summed E-state index contributed by atoms with van der Waals surface area (Å²) < 4.78 is 0. The lowest BCUT2D eigenvalue weighted by atomic mass is 10.1. The van der Waals surface area contributed by atoms with Gasteiger partial charge in [0.25, 0.3) is 0 Å². The number of unbranched alkanes of at least 4 members (excludes halogenated alkanes) is 3. The van der Waals surface area contributed by atoms with Crippen molar-refractivity contribution in [2.24, 2.45) is 11.7 Å². The average Bonchev–Trinajstić information content (AvgIpc) is 3.13. The van der Waals surface area contributed by atoms with Crippen LogP contribution >= 0.6 is 0 Å². The lowest BCUT2D eigenvalue weighted by Gasteiger charge is -2.24. The molecular weight excluding hydrogens is 226 g/mol. The van der Waals surface area contributed by atoms with Crippen LogP contribution in [-0.4, -0.2) is 44.0 Å². The lowest BCUT2D eigenvalue weighted by Crippen LogP contribution is -2.41. The summed E-state index contributed by atoms with van der Waals surface area (Å²) in [4.78, 5) is 13.9.